The molecule has 0 aromatic heterocycles. The van der Waals surface area contributed by atoms with E-state index in [9.17, 15) is 4.79 Å². The predicted octanol–water partition coefficient (Wildman–Crippen LogP) is 1.33. The van der Waals surface area contributed by atoms with Gasteiger partial charge in [0.15, 0.2) is 0 Å². The first-order valence-electron chi connectivity index (χ1n) is 5.11. The Morgan fingerprint density at radius 3 is 3.00 bits per heavy atom. The van der Waals surface area contributed by atoms with Gasteiger partial charge in [0.2, 0.25) is 5.91 Å². The number of carbonyl (C=O) groups excluding carboxylic acids is 1. The molecule has 1 saturated heterocycles. The van der Waals surface area contributed by atoms with Gasteiger partial charge in [-0.05, 0) is 19.8 Å². The van der Waals surface area contributed by atoms with E-state index >= 15 is 0 Å². The summed E-state index contributed by atoms with van der Waals surface area (Å²) in [5, 5.41) is 3.00. The van der Waals surface area contributed by atoms with Crippen molar-refractivity contribution < 1.29 is 9.53 Å². The van der Waals surface area contributed by atoms with E-state index in [0.29, 0.717) is 12.3 Å². The summed E-state index contributed by atoms with van der Waals surface area (Å²) < 4.78 is 5.27. The van der Waals surface area contributed by atoms with Crippen LogP contribution in [0, 0.1) is 5.92 Å². The van der Waals surface area contributed by atoms with Crippen LogP contribution in [-0.4, -0.2) is 25.2 Å². The van der Waals surface area contributed by atoms with Crippen LogP contribution in [0.15, 0.2) is 0 Å². The third kappa shape index (κ3) is 3.35. The highest BCUT2D eigenvalue weighted by Gasteiger charge is 2.22. The molecule has 1 fully saturated rings. The van der Waals surface area contributed by atoms with E-state index < -0.39 is 0 Å². The first kappa shape index (κ1) is 10.5. The van der Waals surface area contributed by atoms with Crippen LogP contribution in [0.5, 0.6) is 0 Å². The van der Waals surface area contributed by atoms with Crippen molar-refractivity contribution in [2.24, 2.45) is 5.92 Å². The molecular formula is C10H19NO2. The van der Waals surface area contributed by atoms with Gasteiger partial charge in [-0.3, -0.25) is 4.79 Å². The highest BCUT2D eigenvalue weighted by Crippen LogP contribution is 2.16. The van der Waals surface area contributed by atoms with Crippen molar-refractivity contribution in [2.45, 2.75) is 39.2 Å². The summed E-state index contributed by atoms with van der Waals surface area (Å²) >= 11 is 0. The van der Waals surface area contributed by atoms with Gasteiger partial charge in [-0.25, -0.2) is 0 Å². The van der Waals surface area contributed by atoms with Gasteiger partial charge < -0.3 is 10.1 Å². The molecule has 3 heteroatoms. The van der Waals surface area contributed by atoms with Crippen LogP contribution in [0.3, 0.4) is 0 Å². The summed E-state index contributed by atoms with van der Waals surface area (Å²) in [5.41, 5.74) is 0. The van der Waals surface area contributed by atoms with Crippen molar-refractivity contribution in [2.75, 3.05) is 13.2 Å². The summed E-state index contributed by atoms with van der Waals surface area (Å²) in [6.45, 7) is 5.72. The second-order valence-electron chi connectivity index (χ2n) is 3.73. The van der Waals surface area contributed by atoms with Crippen LogP contribution in [0.1, 0.15) is 33.1 Å². The van der Waals surface area contributed by atoms with E-state index in [1.54, 1.807) is 0 Å². The lowest BCUT2D eigenvalue weighted by atomic mass is 10.0. The Morgan fingerprint density at radius 2 is 2.46 bits per heavy atom. The third-order valence-corrected chi connectivity index (χ3v) is 2.54. The fourth-order valence-electron chi connectivity index (χ4n) is 1.62. The Morgan fingerprint density at radius 1 is 1.69 bits per heavy atom. The van der Waals surface area contributed by atoms with Crippen LogP contribution >= 0.6 is 0 Å². The maximum atomic E-state index is 11.3. The number of rotatable bonds is 4. The van der Waals surface area contributed by atoms with E-state index in [0.717, 1.165) is 26.1 Å². The van der Waals surface area contributed by atoms with Crippen LogP contribution in [-0.2, 0) is 9.53 Å². The standard InChI is InChI=1S/C10H19NO2/c1-3-4-10(12)11-8(2)9-5-6-13-7-9/h8-9H,3-7H2,1-2H3,(H,11,12). The highest BCUT2D eigenvalue weighted by atomic mass is 16.5. The third-order valence-electron chi connectivity index (χ3n) is 2.54. The van der Waals surface area contributed by atoms with Gasteiger partial charge in [-0.2, -0.15) is 0 Å². The number of hydrogen-bond donors (Lipinski definition) is 1. The van der Waals surface area contributed by atoms with Gasteiger partial charge in [0.25, 0.3) is 0 Å². The van der Waals surface area contributed by atoms with Crippen molar-refractivity contribution in [3.8, 4) is 0 Å². The molecule has 1 aliphatic rings. The topological polar surface area (TPSA) is 38.3 Å². The summed E-state index contributed by atoms with van der Waals surface area (Å²) in [6, 6.07) is 0.265. The number of hydrogen-bond acceptors (Lipinski definition) is 2. The molecule has 13 heavy (non-hydrogen) atoms. The molecule has 1 rings (SSSR count). The lowest BCUT2D eigenvalue weighted by Crippen LogP contribution is -2.38. The molecule has 1 amide bonds. The molecular weight excluding hydrogens is 166 g/mol. The largest absolute Gasteiger partial charge is 0.381 e. The van der Waals surface area contributed by atoms with Crippen LogP contribution in [0.2, 0.25) is 0 Å². The van der Waals surface area contributed by atoms with E-state index in [-0.39, 0.29) is 11.9 Å². The maximum absolute atomic E-state index is 11.3. The molecule has 76 valence electrons. The van der Waals surface area contributed by atoms with E-state index in [1.807, 2.05) is 6.92 Å². The molecule has 1 aliphatic heterocycles. The van der Waals surface area contributed by atoms with Gasteiger partial charge in [-0.1, -0.05) is 6.92 Å². The zero-order chi connectivity index (χ0) is 9.68. The minimum absolute atomic E-state index is 0.168. The van der Waals surface area contributed by atoms with E-state index in [2.05, 4.69) is 12.2 Å². The quantitative estimate of drug-likeness (QED) is 0.717. The van der Waals surface area contributed by atoms with Crippen LogP contribution in [0.25, 0.3) is 0 Å². The molecule has 0 aromatic rings. The number of amides is 1. The number of carbonyl (C=O) groups is 1. The summed E-state index contributed by atoms with van der Waals surface area (Å²) in [5.74, 6) is 0.683. The lowest BCUT2D eigenvalue weighted by molar-refractivity contribution is -0.122. The molecule has 2 atom stereocenters. The Bertz CT molecular complexity index is 164. The Hall–Kier alpha value is -0.570. The average Bonchev–Trinajstić information content (AvgIpc) is 2.55. The normalized spacial score (nSPS) is 24.3. The molecule has 0 aliphatic carbocycles. The van der Waals surface area contributed by atoms with Crippen molar-refractivity contribution in [3.05, 3.63) is 0 Å². The maximum Gasteiger partial charge on any atom is 0.220 e. The highest BCUT2D eigenvalue weighted by molar-refractivity contribution is 5.76. The van der Waals surface area contributed by atoms with Gasteiger partial charge in [-0.15, -0.1) is 0 Å². The smallest absolute Gasteiger partial charge is 0.220 e. The molecule has 0 saturated carbocycles. The molecule has 3 nitrogen and oxygen atoms in total. The SMILES string of the molecule is CCCC(=O)NC(C)C1CCOC1. The second-order valence-corrected chi connectivity index (χ2v) is 3.73. The fraction of sp³-hybridized carbons (Fsp3) is 0.900. The first-order chi connectivity index (χ1) is 6.24. The van der Waals surface area contributed by atoms with Crippen LogP contribution in [0.4, 0.5) is 0 Å². The van der Waals surface area contributed by atoms with Crippen molar-refractivity contribution in [3.63, 3.8) is 0 Å². The summed E-state index contributed by atoms with van der Waals surface area (Å²) in [7, 11) is 0. The minimum atomic E-state index is 0.168. The summed E-state index contributed by atoms with van der Waals surface area (Å²) in [6.07, 6.45) is 2.63. The van der Waals surface area contributed by atoms with E-state index in [4.69, 9.17) is 4.74 Å². The molecule has 1 N–H and O–H groups in total. The Labute approximate surface area is 79.8 Å². The molecule has 0 spiro atoms. The fourth-order valence-corrected chi connectivity index (χ4v) is 1.62. The zero-order valence-electron chi connectivity index (χ0n) is 8.51. The predicted molar refractivity (Wildman–Crippen MR) is 51.4 cm³/mol. The molecule has 0 bridgehead atoms. The van der Waals surface area contributed by atoms with Gasteiger partial charge in [0, 0.05) is 25.0 Å². The van der Waals surface area contributed by atoms with Crippen molar-refractivity contribution >= 4 is 5.91 Å². The number of ether oxygens (including phenoxy) is 1. The molecule has 1 heterocycles. The summed E-state index contributed by atoms with van der Waals surface area (Å²) in [4.78, 5) is 11.3. The first-order valence-corrected chi connectivity index (χ1v) is 5.11. The van der Waals surface area contributed by atoms with Gasteiger partial charge in [0.05, 0.1) is 6.61 Å². The van der Waals surface area contributed by atoms with Crippen molar-refractivity contribution in [1.29, 1.82) is 0 Å². The Kier molecular flexibility index (Phi) is 4.22. The zero-order valence-corrected chi connectivity index (χ0v) is 8.51. The average molecular weight is 185 g/mol. The minimum Gasteiger partial charge on any atom is -0.381 e. The monoisotopic (exact) mass is 185 g/mol. The van der Waals surface area contributed by atoms with Gasteiger partial charge >= 0.3 is 0 Å². The second kappa shape index (κ2) is 5.22. The van der Waals surface area contributed by atoms with Crippen molar-refractivity contribution in [1.82, 2.24) is 5.32 Å². The Balaban J connectivity index is 2.22. The van der Waals surface area contributed by atoms with Crippen LogP contribution < -0.4 is 5.32 Å². The van der Waals surface area contributed by atoms with E-state index in [1.165, 1.54) is 0 Å². The lowest BCUT2D eigenvalue weighted by Gasteiger charge is -2.18. The number of nitrogens with one attached hydrogen (secondary N) is 1. The molecule has 2 unspecified atom stereocenters. The molecule has 0 aromatic carbocycles. The molecule has 0 radical (unpaired) electrons. The van der Waals surface area contributed by atoms with Gasteiger partial charge in [0.1, 0.15) is 0 Å².